The summed E-state index contributed by atoms with van der Waals surface area (Å²) in [5.41, 5.74) is 3.24. The average Bonchev–Trinajstić information content (AvgIpc) is 2.93. The summed E-state index contributed by atoms with van der Waals surface area (Å²) < 4.78 is 0. The Morgan fingerprint density at radius 1 is 1.33 bits per heavy atom. The second kappa shape index (κ2) is 7.57. The van der Waals surface area contributed by atoms with Crippen LogP contribution in [-0.2, 0) is 23.6 Å². The van der Waals surface area contributed by atoms with Crippen molar-refractivity contribution in [1.29, 1.82) is 0 Å². The van der Waals surface area contributed by atoms with E-state index in [-0.39, 0.29) is 5.91 Å². The summed E-state index contributed by atoms with van der Waals surface area (Å²) >= 11 is 7.17. The van der Waals surface area contributed by atoms with Crippen molar-refractivity contribution in [2.45, 2.75) is 38.6 Å². The number of carbonyl (C=O) groups is 1. The number of alkyl halides is 1. The van der Waals surface area contributed by atoms with Crippen molar-refractivity contribution in [3.05, 3.63) is 51.5 Å². The van der Waals surface area contributed by atoms with Gasteiger partial charge in [0, 0.05) is 11.9 Å². The van der Waals surface area contributed by atoms with Gasteiger partial charge in [0.15, 0.2) is 0 Å². The van der Waals surface area contributed by atoms with E-state index in [0.717, 1.165) is 16.3 Å². The number of hydrogen-bond acceptors (Lipinski definition) is 3. The van der Waals surface area contributed by atoms with E-state index in [1.54, 1.807) is 0 Å². The molecule has 0 saturated heterocycles. The van der Waals surface area contributed by atoms with Crippen LogP contribution in [0.1, 0.15) is 41.6 Å². The summed E-state index contributed by atoms with van der Waals surface area (Å²) in [7, 11) is 0. The Hall–Kier alpha value is -1.39. The van der Waals surface area contributed by atoms with Crippen LogP contribution >= 0.6 is 22.9 Å². The van der Waals surface area contributed by atoms with E-state index in [9.17, 15) is 4.79 Å². The predicted octanol–water partition coefficient (Wildman–Crippen LogP) is 3.86. The van der Waals surface area contributed by atoms with E-state index in [1.807, 2.05) is 5.38 Å². The van der Waals surface area contributed by atoms with Crippen LogP contribution in [-0.4, -0.2) is 10.9 Å². The maximum absolute atomic E-state index is 11.9. The van der Waals surface area contributed by atoms with E-state index in [2.05, 4.69) is 48.4 Å². The van der Waals surface area contributed by atoms with Gasteiger partial charge in [0.2, 0.25) is 5.91 Å². The zero-order chi connectivity index (χ0) is 15.2. The standard InChI is InChI=1S/C16H19ClN2OS/c1-11(2)13-5-3-12(4-6-13)9-18-15(20)7-16-19-14(8-17)10-21-16/h3-6,10-11H,7-9H2,1-2H3,(H,18,20). The average molecular weight is 323 g/mol. The van der Waals surface area contributed by atoms with Crippen LogP contribution in [0.2, 0.25) is 0 Å². The maximum Gasteiger partial charge on any atom is 0.227 e. The molecule has 0 radical (unpaired) electrons. The number of carbonyl (C=O) groups excluding carboxylic acids is 1. The first-order valence-corrected chi connectivity index (χ1v) is 8.34. The van der Waals surface area contributed by atoms with E-state index >= 15 is 0 Å². The maximum atomic E-state index is 11.9. The number of hydrogen-bond donors (Lipinski definition) is 1. The molecule has 21 heavy (non-hydrogen) atoms. The smallest absolute Gasteiger partial charge is 0.227 e. The van der Waals surface area contributed by atoms with Crippen LogP contribution < -0.4 is 5.32 Å². The summed E-state index contributed by atoms with van der Waals surface area (Å²) in [6.45, 7) is 4.88. The van der Waals surface area contributed by atoms with Crippen molar-refractivity contribution in [2.24, 2.45) is 0 Å². The lowest BCUT2D eigenvalue weighted by Gasteiger charge is -2.08. The first-order chi connectivity index (χ1) is 10.1. The fourth-order valence-corrected chi connectivity index (χ4v) is 2.93. The van der Waals surface area contributed by atoms with Crippen molar-refractivity contribution < 1.29 is 4.79 Å². The molecule has 112 valence electrons. The van der Waals surface area contributed by atoms with Crippen LogP contribution in [0, 0.1) is 0 Å². The lowest BCUT2D eigenvalue weighted by atomic mass is 10.0. The van der Waals surface area contributed by atoms with Gasteiger partial charge >= 0.3 is 0 Å². The molecule has 0 bridgehead atoms. The van der Waals surface area contributed by atoms with Crippen molar-refractivity contribution in [2.75, 3.05) is 0 Å². The summed E-state index contributed by atoms with van der Waals surface area (Å²) in [5.74, 6) is 0.897. The molecule has 5 heteroatoms. The van der Waals surface area contributed by atoms with Gasteiger partial charge in [-0.2, -0.15) is 0 Å². The number of nitrogens with one attached hydrogen (secondary N) is 1. The highest BCUT2D eigenvalue weighted by molar-refractivity contribution is 7.09. The SMILES string of the molecule is CC(C)c1ccc(CNC(=O)Cc2nc(CCl)cs2)cc1. The third-order valence-electron chi connectivity index (χ3n) is 3.18. The molecule has 3 nitrogen and oxygen atoms in total. The molecule has 0 aliphatic heterocycles. The van der Waals surface area contributed by atoms with E-state index in [0.29, 0.717) is 24.8 Å². The molecule has 0 spiro atoms. The van der Waals surface area contributed by atoms with Gasteiger partial charge in [-0.25, -0.2) is 4.98 Å². The van der Waals surface area contributed by atoms with E-state index < -0.39 is 0 Å². The Labute approximate surface area is 134 Å². The molecule has 0 fully saturated rings. The zero-order valence-corrected chi connectivity index (χ0v) is 13.8. The third kappa shape index (κ3) is 4.83. The van der Waals surface area contributed by atoms with Gasteiger partial charge in [0.05, 0.1) is 18.0 Å². The lowest BCUT2D eigenvalue weighted by molar-refractivity contribution is -0.120. The minimum absolute atomic E-state index is 0.0154. The Kier molecular flexibility index (Phi) is 5.76. The van der Waals surface area contributed by atoms with Gasteiger partial charge < -0.3 is 5.32 Å². The largest absolute Gasteiger partial charge is 0.352 e. The molecular weight excluding hydrogens is 304 g/mol. The van der Waals surface area contributed by atoms with Crippen LogP contribution in [0.25, 0.3) is 0 Å². The Bertz CT molecular complexity index is 593. The lowest BCUT2D eigenvalue weighted by Crippen LogP contribution is -2.24. The topological polar surface area (TPSA) is 42.0 Å². The van der Waals surface area contributed by atoms with Crippen LogP contribution in [0.4, 0.5) is 0 Å². The highest BCUT2D eigenvalue weighted by atomic mass is 35.5. The van der Waals surface area contributed by atoms with Gasteiger partial charge in [0.1, 0.15) is 5.01 Å². The molecule has 0 saturated carbocycles. The predicted molar refractivity (Wildman–Crippen MR) is 87.8 cm³/mol. The van der Waals surface area contributed by atoms with Crippen molar-refractivity contribution in [1.82, 2.24) is 10.3 Å². The zero-order valence-electron chi connectivity index (χ0n) is 12.2. The number of nitrogens with zero attached hydrogens (tertiary/aromatic N) is 1. The quantitative estimate of drug-likeness (QED) is 0.820. The number of halogens is 1. The molecule has 0 aliphatic carbocycles. The fourth-order valence-electron chi connectivity index (χ4n) is 1.91. The molecule has 1 heterocycles. The first kappa shape index (κ1) is 16.0. The second-order valence-electron chi connectivity index (χ2n) is 5.22. The molecular formula is C16H19ClN2OS. The summed E-state index contributed by atoms with van der Waals surface area (Å²) in [4.78, 5) is 16.2. The summed E-state index contributed by atoms with van der Waals surface area (Å²) in [6, 6.07) is 8.34. The van der Waals surface area contributed by atoms with Crippen LogP contribution in [0.3, 0.4) is 0 Å². The minimum Gasteiger partial charge on any atom is -0.352 e. The first-order valence-electron chi connectivity index (χ1n) is 6.93. The molecule has 0 unspecified atom stereocenters. The molecule has 2 aromatic rings. The number of benzene rings is 1. The van der Waals surface area contributed by atoms with E-state index in [4.69, 9.17) is 11.6 Å². The molecule has 2 rings (SSSR count). The molecule has 1 aromatic heterocycles. The Morgan fingerprint density at radius 3 is 2.62 bits per heavy atom. The number of aromatic nitrogens is 1. The van der Waals surface area contributed by atoms with Crippen LogP contribution in [0.15, 0.2) is 29.6 Å². The number of thiazole rings is 1. The molecule has 0 aliphatic rings. The molecule has 1 amide bonds. The van der Waals surface area contributed by atoms with Crippen molar-refractivity contribution in [3.8, 4) is 0 Å². The normalized spacial score (nSPS) is 10.9. The van der Waals surface area contributed by atoms with Crippen molar-refractivity contribution in [3.63, 3.8) is 0 Å². The second-order valence-corrected chi connectivity index (χ2v) is 6.43. The monoisotopic (exact) mass is 322 g/mol. The Morgan fingerprint density at radius 2 is 2.05 bits per heavy atom. The van der Waals surface area contributed by atoms with Crippen LogP contribution in [0.5, 0.6) is 0 Å². The number of rotatable bonds is 6. The summed E-state index contributed by atoms with van der Waals surface area (Å²) in [5, 5.41) is 5.61. The highest BCUT2D eigenvalue weighted by Gasteiger charge is 2.07. The summed E-state index contributed by atoms with van der Waals surface area (Å²) in [6.07, 6.45) is 0.311. The fraction of sp³-hybridized carbons (Fsp3) is 0.375. The molecule has 0 atom stereocenters. The van der Waals surface area contributed by atoms with Gasteiger partial charge in [-0.1, -0.05) is 38.1 Å². The van der Waals surface area contributed by atoms with Gasteiger partial charge in [-0.15, -0.1) is 22.9 Å². The van der Waals surface area contributed by atoms with Gasteiger partial charge in [0.25, 0.3) is 0 Å². The van der Waals surface area contributed by atoms with E-state index in [1.165, 1.54) is 16.9 Å². The highest BCUT2D eigenvalue weighted by Crippen LogP contribution is 2.15. The third-order valence-corrected chi connectivity index (χ3v) is 4.36. The van der Waals surface area contributed by atoms with Crippen molar-refractivity contribution >= 4 is 28.8 Å². The molecule has 1 aromatic carbocycles. The number of amides is 1. The minimum atomic E-state index is -0.0154. The van der Waals surface area contributed by atoms with Gasteiger partial charge in [-0.05, 0) is 17.0 Å². The molecule has 1 N–H and O–H groups in total. The van der Waals surface area contributed by atoms with Gasteiger partial charge in [-0.3, -0.25) is 4.79 Å². The Balaban J connectivity index is 1.83.